The average molecular weight is 547 g/mol. The SMILES string of the molecule is C=C(CNC(=O)OC(C)(C)C)COc1ccc(S(=O)(=O)N2CCC(CC(=O)NCC(C)(F)F)CC2)cn1. The van der Waals surface area contributed by atoms with Crippen molar-refractivity contribution in [2.45, 2.75) is 63.4 Å². The maximum Gasteiger partial charge on any atom is 0.407 e. The summed E-state index contributed by atoms with van der Waals surface area (Å²) in [5.41, 5.74) is -0.0541. The first-order chi connectivity index (χ1) is 17.0. The first-order valence-corrected chi connectivity index (χ1v) is 13.4. The lowest BCUT2D eigenvalue weighted by molar-refractivity contribution is -0.123. The van der Waals surface area contributed by atoms with E-state index in [4.69, 9.17) is 9.47 Å². The molecule has 10 nitrogen and oxygen atoms in total. The number of ether oxygens (including phenoxy) is 2. The third-order valence-corrected chi connectivity index (χ3v) is 7.18. The van der Waals surface area contributed by atoms with Gasteiger partial charge in [-0.2, -0.15) is 4.31 Å². The summed E-state index contributed by atoms with van der Waals surface area (Å²) in [6, 6.07) is 2.83. The molecule has 0 saturated carbocycles. The topological polar surface area (TPSA) is 127 Å². The van der Waals surface area contributed by atoms with Crippen molar-refractivity contribution in [1.82, 2.24) is 19.9 Å². The number of carbonyl (C=O) groups excluding carboxylic acids is 2. The van der Waals surface area contributed by atoms with Gasteiger partial charge in [-0.05, 0) is 51.2 Å². The molecule has 0 unspecified atom stereocenters. The Balaban J connectivity index is 1.79. The molecule has 2 rings (SSSR count). The van der Waals surface area contributed by atoms with Crippen LogP contribution in [0.3, 0.4) is 0 Å². The van der Waals surface area contributed by atoms with Crippen molar-refractivity contribution in [1.29, 1.82) is 0 Å². The number of aromatic nitrogens is 1. The number of hydrogen-bond donors (Lipinski definition) is 2. The minimum absolute atomic E-state index is 0.00615. The lowest BCUT2D eigenvalue weighted by atomic mass is 9.94. The highest BCUT2D eigenvalue weighted by Gasteiger charge is 2.31. The number of hydrogen-bond acceptors (Lipinski definition) is 7. The Bertz CT molecular complexity index is 1040. The second-order valence-corrected chi connectivity index (χ2v) is 12.1. The van der Waals surface area contributed by atoms with Crippen molar-refractivity contribution in [2.24, 2.45) is 5.92 Å². The molecule has 1 aliphatic rings. The Labute approximate surface area is 216 Å². The molecular weight excluding hydrogens is 510 g/mol. The van der Waals surface area contributed by atoms with Crippen molar-refractivity contribution >= 4 is 22.0 Å². The third kappa shape index (κ3) is 11.0. The number of carbonyl (C=O) groups is 2. The second-order valence-electron chi connectivity index (χ2n) is 10.1. The van der Waals surface area contributed by atoms with Gasteiger partial charge in [0.15, 0.2) is 0 Å². The van der Waals surface area contributed by atoms with E-state index < -0.39 is 40.1 Å². The van der Waals surface area contributed by atoms with Crippen LogP contribution in [0.25, 0.3) is 0 Å². The molecule has 13 heteroatoms. The molecule has 1 aromatic heterocycles. The first-order valence-electron chi connectivity index (χ1n) is 11.9. The van der Waals surface area contributed by atoms with Gasteiger partial charge >= 0.3 is 6.09 Å². The molecular formula is C24H36F2N4O6S. The fourth-order valence-electron chi connectivity index (χ4n) is 3.43. The molecule has 0 aromatic carbocycles. The van der Waals surface area contributed by atoms with E-state index in [1.807, 2.05) is 0 Å². The zero-order valence-electron chi connectivity index (χ0n) is 21.7. The third-order valence-electron chi connectivity index (χ3n) is 5.30. The van der Waals surface area contributed by atoms with E-state index in [1.165, 1.54) is 22.6 Å². The summed E-state index contributed by atoms with van der Waals surface area (Å²) in [5, 5.41) is 4.78. The van der Waals surface area contributed by atoms with Crippen LogP contribution in [0.15, 0.2) is 35.4 Å². The van der Waals surface area contributed by atoms with E-state index in [0.717, 1.165) is 6.92 Å². The number of sulfonamides is 1. The van der Waals surface area contributed by atoms with Gasteiger partial charge in [-0.1, -0.05) is 6.58 Å². The number of alkyl halides is 2. The Morgan fingerprint density at radius 2 is 1.81 bits per heavy atom. The van der Waals surface area contributed by atoms with Gasteiger partial charge in [-0.25, -0.2) is 27.0 Å². The van der Waals surface area contributed by atoms with Gasteiger partial charge in [0.1, 0.15) is 17.1 Å². The van der Waals surface area contributed by atoms with E-state index in [1.54, 1.807) is 20.8 Å². The average Bonchev–Trinajstić information content (AvgIpc) is 2.79. The lowest BCUT2D eigenvalue weighted by Gasteiger charge is -2.31. The molecule has 0 bridgehead atoms. The maximum absolute atomic E-state index is 13.0. The normalized spacial score (nSPS) is 15.6. The summed E-state index contributed by atoms with van der Waals surface area (Å²) in [6.45, 7) is 9.73. The fraction of sp³-hybridized carbons (Fsp3) is 0.625. The van der Waals surface area contributed by atoms with Crippen molar-refractivity contribution in [3.05, 3.63) is 30.5 Å². The summed E-state index contributed by atoms with van der Waals surface area (Å²) in [7, 11) is -3.79. The molecule has 0 atom stereocenters. The van der Waals surface area contributed by atoms with Crippen LogP contribution in [0.5, 0.6) is 5.88 Å². The first kappa shape index (κ1) is 30.4. The van der Waals surface area contributed by atoms with Crippen LogP contribution in [0, 0.1) is 5.92 Å². The molecule has 0 spiro atoms. The lowest BCUT2D eigenvalue weighted by Crippen LogP contribution is -2.40. The monoisotopic (exact) mass is 546 g/mol. The summed E-state index contributed by atoms with van der Waals surface area (Å²) in [4.78, 5) is 27.6. The summed E-state index contributed by atoms with van der Waals surface area (Å²) in [6.07, 6.45) is 1.61. The van der Waals surface area contributed by atoms with Crippen LogP contribution in [0.2, 0.25) is 0 Å². The number of alkyl carbamates (subject to hydrolysis) is 1. The largest absolute Gasteiger partial charge is 0.473 e. The molecule has 1 aromatic rings. The van der Waals surface area contributed by atoms with Gasteiger partial charge < -0.3 is 20.1 Å². The van der Waals surface area contributed by atoms with Crippen LogP contribution in [0.1, 0.15) is 47.0 Å². The minimum Gasteiger partial charge on any atom is -0.473 e. The van der Waals surface area contributed by atoms with Crippen LogP contribution >= 0.6 is 0 Å². The van der Waals surface area contributed by atoms with Gasteiger partial charge in [0.25, 0.3) is 5.92 Å². The summed E-state index contributed by atoms with van der Waals surface area (Å²) < 4.78 is 63.7. The highest BCUT2D eigenvalue weighted by Crippen LogP contribution is 2.26. The van der Waals surface area contributed by atoms with E-state index in [0.29, 0.717) is 18.4 Å². The Morgan fingerprint density at radius 3 is 2.35 bits per heavy atom. The van der Waals surface area contributed by atoms with Gasteiger partial charge in [0, 0.05) is 39.0 Å². The molecule has 1 saturated heterocycles. The molecule has 208 valence electrons. The highest BCUT2D eigenvalue weighted by atomic mass is 32.2. The Hall–Kier alpha value is -2.80. The predicted octanol–water partition coefficient (Wildman–Crippen LogP) is 3.10. The standard InChI is InChI=1S/C24H36F2N4O6S/c1-17(13-28-22(32)36-23(2,3)4)15-35-21-7-6-19(14-27-21)37(33,34)30-10-8-18(9-11-30)12-20(31)29-16-24(5,25)26/h6-7,14,18H,1,8-13,15-16H2,2-5H3,(H,28,32)(H,29,31). The number of amides is 2. The maximum atomic E-state index is 13.0. The van der Waals surface area contributed by atoms with Crippen molar-refractivity contribution in [2.75, 3.05) is 32.8 Å². The number of nitrogens with zero attached hydrogens (tertiary/aromatic N) is 2. The van der Waals surface area contributed by atoms with Gasteiger partial charge in [-0.3, -0.25) is 4.79 Å². The molecule has 0 radical (unpaired) electrons. The van der Waals surface area contributed by atoms with Gasteiger partial charge in [-0.15, -0.1) is 0 Å². The van der Waals surface area contributed by atoms with Crippen LogP contribution < -0.4 is 15.4 Å². The second kappa shape index (κ2) is 12.6. The zero-order valence-corrected chi connectivity index (χ0v) is 22.5. The van der Waals surface area contributed by atoms with Gasteiger partial charge in [0.05, 0.1) is 12.7 Å². The molecule has 2 heterocycles. The van der Waals surface area contributed by atoms with E-state index in [2.05, 4.69) is 22.2 Å². The molecule has 37 heavy (non-hydrogen) atoms. The quantitative estimate of drug-likeness (QED) is 0.409. The molecule has 0 aliphatic carbocycles. The van der Waals surface area contributed by atoms with E-state index in [-0.39, 0.29) is 49.4 Å². The highest BCUT2D eigenvalue weighted by molar-refractivity contribution is 7.89. The van der Waals surface area contributed by atoms with Crippen molar-refractivity contribution < 1.29 is 36.3 Å². The molecule has 1 aliphatic heterocycles. The van der Waals surface area contributed by atoms with Crippen LogP contribution in [0.4, 0.5) is 13.6 Å². The summed E-state index contributed by atoms with van der Waals surface area (Å²) >= 11 is 0. The van der Waals surface area contributed by atoms with E-state index in [9.17, 15) is 26.8 Å². The molecule has 2 amide bonds. The summed E-state index contributed by atoms with van der Waals surface area (Å²) in [5.74, 6) is -3.33. The molecule has 2 N–H and O–H groups in total. The Morgan fingerprint density at radius 1 is 1.16 bits per heavy atom. The fourth-order valence-corrected chi connectivity index (χ4v) is 4.85. The number of halogens is 2. The van der Waals surface area contributed by atoms with Crippen LogP contribution in [-0.2, 0) is 19.6 Å². The number of piperidine rings is 1. The van der Waals surface area contributed by atoms with Gasteiger partial charge in [0.2, 0.25) is 21.8 Å². The number of pyridine rings is 1. The van der Waals surface area contributed by atoms with Crippen molar-refractivity contribution in [3.8, 4) is 5.88 Å². The molecule has 1 fully saturated rings. The minimum atomic E-state index is -3.79. The predicted molar refractivity (Wildman–Crippen MR) is 133 cm³/mol. The Kier molecular flexibility index (Phi) is 10.4. The smallest absolute Gasteiger partial charge is 0.407 e. The zero-order chi connectivity index (χ0) is 27.9. The van der Waals surface area contributed by atoms with Crippen molar-refractivity contribution in [3.63, 3.8) is 0 Å². The van der Waals surface area contributed by atoms with Crippen LogP contribution in [-0.4, -0.2) is 74.0 Å². The number of rotatable bonds is 11. The number of nitrogens with one attached hydrogen (secondary N) is 2. The van der Waals surface area contributed by atoms with E-state index >= 15 is 0 Å².